The molecule has 1 aromatic heterocycles. The Hall–Kier alpha value is -1.67. The molecule has 1 heterocycles. The van der Waals surface area contributed by atoms with E-state index in [9.17, 15) is 4.39 Å². The monoisotopic (exact) mass is 275 g/mol. The number of benzene rings is 1. The lowest BCUT2D eigenvalue weighted by molar-refractivity contribution is 0.152. The molecule has 2 aromatic rings. The normalized spacial score (nSPS) is 11.7. The third-order valence-electron chi connectivity index (χ3n) is 2.56. The molecule has 2 rings (SSSR count). The minimum atomic E-state index is -0.248. The van der Waals surface area contributed by atoms with Gasteiger partial charge in [0, 0.05) is 11.3 Å². The average Bonchev–Trinajstić information content (AvgIpc) is 2.86. The van der Waals surface area contributed by atoms with E-state index in [1.54, 1.807) is 30.4 Å². The number of thiophene rings is 1. The Morgan fingerprint density at radius 2 is 2.00 bits per heavy atom. The van der Waals surface area contributed by atoms with Gasteiger partial charge in [0.1, 0.15) is 5.82 Å². The first-order valence-corrected chi connectivity index (χ1v) is 6.73. The van der Waals surface area contributed by atoms with Crippen LogP contribution in [0.1, 0.15) is 22.2 Å². The molecule has 19 heavy (non-hydrogen) atoms. The SMILES string of the molecule is C[C@H](C#Cc1ccc(Cc2ccc(F)cc2)s1)NO. The molecule has 0 unspecified atom stereocenters. The van der Waals surface area contributed by atoms with Crippen LogP contribution in [0.25, 0.3) is 0 Å². The summed E-state index contributed by atoms with van der Waals surface area (Å²) in [6.07, 6.45) is 0.778. The standard InChI is InChI=1S/C15H14FNOS/c1-11(17-18)2-7-14-8-9-15(19-14)10-12-3-5-13(16)6-4-12/h3-6,8-9,11,17-18H,10H2,1H3/t11-/m1/s1. The molecule has 0 fully saturated rings. The van der Waals surface area contributed by atoms with Gasteiger partial charge in [-0.2, -0.15) is 5.48 Å². The molecule has 0 amide bonds. The highest BCUT2D eigenvalue weighted by atomic mass is 32.1. The molecule has 2 nitrogen and oxygen atoms in total. The zero-order chi connectivity index (χ0) is 13.7. The Balaban J connectivity index is 2.04. The van der Waals surface area contributed by atoms with Crippen molar-refractivity contribution in [2.24, 2.45) is 0 Å². The molecule has 4 heteroatoms. The Morgan fingerprint density at radius 3 is 2.68 bits per heavy atom. The van der Waals surface area contributed by atoms with Crippen LogP contribution in [0.4, 0.5) is 4.39 Å². The minimum Gasteiger partial charge on any atom is -0.316 e. The van der Waals surface area contributed by atoms with Crippen LogP contribution in [0, 0.1) is 17.7 Å². The highest BCUT2D eigenvalue weighted by Gasteiger charge is 2.01. The third kappa shape index (κ3) is 4.18. The minimum absolute atomic E-state index is 0.216. The summed E-state index contributed by atoms with van der Waals surface area (Å²) in [5, 5.41) is 8.66. The zero-order valence-electron chi connectivity index (χ0n) is 10.5. The van der Waals surface area contributed by atoms with E-state index in [1.807, 2.05) is 12.1 Å². The topological polar surface area (TPSA) is 32.3 Å². The highest BCUT2D eigenvalue weighted by molar-refractivity contribution is 7.12. The molecule has 0 radical (unpaired) electrons. The van der Waals surface area contributed by atoms with Crippen molar-refractivity contribution < 1.29 is 9.60 Å². The first-order valence-electron chi connectivity index (χ1n) is 5.91. The van der Waals surface area contributed by atoms with Gasteiger partial charge in [0.25, 0.3) is 0 Å². The van der Waals surface area contributed by atoms with Crippen molar-refractivity contribution in [3.05, 3.63) is 57.5 Å². The van der Waals surface area contributed by atoms with Gasteiger partial charge in [0.05, 0.1) is 10.9 Å². The molecule has 0 aliphatic carbocycles. The van der Waals surface area contributed by atoms with Gasteiger partial charge < -0.3 is 5.21 Å². The summed E-state index contributed by atoms with van der Waals surface area (Å²) >= 11 is 1.61. The molecule has 2 N–H and O–H groups in total. The van der Waals surface area contributed by atoms with Crippen molar-refractivity contribution in [3.63, 3.8) is 0 Å². The molecule has 0 aliphatic heterocycles. The first kappa shape index (κ1) is 13.8. The summed E-state index contributed by atoms with van der Waals surface area (Å²) in [5.74, 6) is 5.66. The van der Waals surface area contributed by atoms with Gasteiger partial charge in [-0.1, -0.05) is 24.0 Å². The highest BCUT2D eigenvalue weighted by Crippen LogP contribution is 2.19. The molecule has 0 aliphatic rings. The number of rotatable bonds is 3. The van der Waals surface area contributed by atoms with E-state index in [0.29, 0.717) is 0 Å². The molecule has 0 saturated carbocycles. The maximum Gasteiger partial charge on any atom is 0.123 e. The quantitative estimate of drug-likeness (QED) is 0.666. The predicted octanol–water partition coefficient (Wildman–Crippen LogP) is 3.20. The number of hydroxylamine groups is 1. The molecule has 0 spiro atoms. The second-order valence-corrected chi connectivity index (χ2v) is 5.36. The van der Waals surface area contributed by atoms with Crippen molar-refractivity contribution in [3.8, 4) is 11.8 Å². The smallest absolute Gasteiger partial charge is 0.123 e. The van der Waals surface area contributed by atoms with E-state index < -0.39 is 0 Å². The summed E-state index contributed by atoms with van der Waals surface area (Å²) in [4.78, 5) is 2.14. The van der Waals surface area contributed by atoms with Gasteiger partial charge in [-0.3, -0.25) is 0 Å². The van der Waals surface area contributed by atoms with Crippen molar-refractivity contribution >= 4 is 11.3 Å². The lowest BCUT2D eigenvalue weighted by Gasteiger charge is -1.97. The molecule has 1 aromatic carbocycles. The Morgan fingerprint density at radius 1 is 1.26 bits per heavy atom. The molecule has 98 valence electrons. The number of nitrogens with one attached hydrogen (secondary N) is 1. The second kappa shape index (κ2) is 6.48. The Bertz CT molecular complexity index is 595. The summed E-state index contributed by atoms with van der Waals surface area (Å²) in [6.45, 7) is 1.78. The lowest BCUT2D eigenvalue weighted by atomic mass is 10.1. The van der Waals surface area contributed by atoms with Crippen molar-refractivity contribution in [2.75, 3.05) is 0 Å². The van der Waals surface area contributed by atoms with E-state index >= 15 is 0 Å². The second-order valence-electron chi connectivity index (χ2n) is 4.19. The van der Waals surface area contributed by atoms with Crippen LogP contribution >= 0.6 is 11.3 Å². The van der Waals surface area contributed by atoms with Crippen LogP contribution in [0.5, 0.6) is 0 Å². The van der Waals surface area contributed by atoms with Crippen LogP contribution < -0.4 is 5.48 Å². The third-order valence-corrected chi connectivity index (χ3v) is 3.56. The van der Waals surface area contributed by atoms with Crippen molar-refractivity contribution in [2.45, 2.75) is 19.4 Å². The molecular weight excluding hydrogens is 261 g/mol. The van der Waals surface area contributed by atoms with Crippen LogP contribution in [-0.2, 0) is 6.42 Å². The maximum absolute atomic E-state index is 12.8. The van der Waals surface area contributed by atoms with Crippen LogP contribution in [0.3, 0.4) is 0 Å². The predicted molar refractivity (Wildman–Crippen MR) is 74.8 cm³/mol. The molecule has 0 bridgehead atoms. The zero-order valence-corrected chi connectivity index (χ0v) is 11.3. The fraction of sp³-hybridized carbons (Fsp3) is 0.200. The van der Waals surface area contributed by atoms with Gasteiger partial charge in [0.15, 0.2) is 0 Å². The van der Waals surface area contributed by atoms with Gasteiger partial charge in [-0.05, 0) is 36.8 Å². The summed E-state index contributed by atoms with van der Waals surface area (Å²) in [7, 11) is 0. The van der Waals surface area contributed by atoms with Gasteiger partial charge in [0.2, 0.25) is 0 Å². The van der Waals surface area contributed by atoms with E-state index in [-0.39, 0.29) is 11.9 Å². The Kier molecular flexibility index (Phi) is 4.69. The van der Waals surface area contributed by atoms with Crippen molar-refractivity contribution in [1.29, 1.82) is 0 Å². The summed E-state index contributed by atoms with van der Waals surface area (Å²) < 4.78 is 12.8. The Labute approximate surface area is 115 Å². The molecular formula is C15H14FNOS. The van der Waals surface area contributed by atoms with E-state index in [1.165, 1.54) is 17.0 Å². The largest absolute Gasteiger partial charge is 0.316 e. The van der Waals surface area contributed by atoms with E-state index in [4.69, 9.17) is 5.21 Å². The molecule has 1 atom stereocenters. The number of hydrogen-bond acceptors (Lipinski definition) is 3. The van der Waals surface area contributed by atoms with Gasteiger partial charge in [-0.15, -0.1) is 11.3 Å². The van der Waals surface area contributed by atoms with Crippen LogP contribution in [-0.4, -0.2) is 11.2 Å². The average molecular weight is 275 g/mol. The molecule has 0 saturated heterocycles. The first-order chi connectivity index (χ1) is 9.17. The van der Waals surface area contributed by atoms with Gasteiger partial charge in [-0.25, -0.2) is 4.39 Å². The van der Waals surface area contributed by atoms with Gasteiger partial charge >= 0.3 is 0 Å². The maximum atomic E-state index is 12.8. The van der Waals surface area contributed by atoms with Crippen molar-refractivity contribution in [1.82, 2.24) is 5.48 Å². The van der Waals surface area contributed by atoms with Crippen LogP contribution in [0.2, 0.25) is 0 Å². The fourth-order valence-electron chi connectivity index (χ4n) is 1.56. The summed E-state index contributed by atoms with van der Waals surface area (Å²) in [5.41, 5.74) is 3.16. The number of hydrogen-bond donors (Lipinski definition) is 2. The van der Waals surface area contributed by atoms with E-state index in [0.717, 1.165) is 16.9 Å². The van der Waals surface area contributed by atoms with E-state index in [2.05, 4.69) is 17.3 Å². The lowest BCUT2D eigenvalue weighted by Crippen LogP contribution is -2.19. The van der Waals surface area contributed by atoms with Crippen LogP contribution in [0.15, 0.2) is 36.4 Å². The number of halogens is 1. The fourth-order valence-corrected chi connectivity index (χ4v) is 2.46. The summed E-state index contributed by atoms with van der Waals surface area (Å²) in [6, 6.07) is 10.3.